The van der Waals surface area contributed by atoms with E-state index in [2.05, 4.69) is 5.32 Å². The molecule has 20 heavy (non-hydrogen) atoms. The van der Waals surface area contributed by atoms with E-state index in [9.17, 15) is 15.2 Å². The van der Waals surface area contributed by atoms with Crippen LogP contribution in [0.5, 0.6) is 5.75 Å². The molecule has 1 aromatic rings. The number of rotatable bonds is 8. The largest absolute Gasteiger partial charge is 0.494 e. The van der Waals surface area contributed by atoms with Crippen LogP contribution in [0, 0.1) is 10.1 Å². The van der Waals surface area contributed by atoms with E-state index < -0.39 is 4.92 Å². The number of nitro benzene ring substituents is 1. The van der Waals surface area contributed by atoms with E-state index in [-0.39, 0.29) is 23.6 Å². The molecular weight excluding hydrogens is 280 g/mol. The highest BCUT2D eigenvalue weighted by molar-refractivity contribution is 7.99. The highest BCUT2D eigenvalue weighted by Gasteiger charge is 2.17. The number of nitrogens with one attached hydrogen (secondary N) is 1. The van der Waals surface area contributed by atoms with E-state index in [0.29, 0.717) is 18.0 Å². The summed E-state index contributed by atoms with van der Waals surface area (Å²) < 4.78 is 5.33. The fourth-order valence-corrected chi connectivity index (χ4v) is 2.44. The Labute approximate surface area is 122 Å². The summed E-state index contributed by atoms with van der Waals surface area (Å²) in [5.74, 6) is 0.459. The van der Waals surface area contributed by atoms with Crippen LogP contribution in [0.1, 0.15) is 13.8 Å². The van der Waals surface area contributed by atoms with Crippen molar-refractivity contribution in [1.82, 2.24) is 0 Å². The fraction of sp³-hybridized carbons (Fsp3) is 0.538. The fourth-order valence-electron chi connectivity index (χ4n) is 1.81. The molecule has 6 nitrogen and oxygen atoms in total. The molecule has 0 saturated carbocycles. The minimum absolute atomic E-state index is 0.0182. The van der Waals surface area contributed by atoms with Gasteiger partial charge in [-0.2, -0.15) is 11.8 Å². The van der Waals surface area contributed by atoms with Gasteiger partial charge in [0.05, 0.1) is 24.2 Å². The number of aliphatic hydroxyl groups is 1. The van der Waals surface area contributed by atoms with Crippen molar-refractivity contribution in [2.24, 2.45) is 0 Å². The van der Waals surface area contributed by atoms with Crippen LogP contribution in [0.2, 0.25) is 0 Å². The summed E-state index contributed by atoms with van der Waals surface area (Å²) in [5, 5.41) is 23.4. The quantitative estimate of drug-likeness (QED) is 0.567. The van der Waals surface area contributed by atoms with Gasteiger partial charge in [-0.25, -0.2) is 0 Å². The van der Waals surface area contributed by atoms with E-state index >= 15 is 0 Å². The maximum Gasteiger partial charge on any atom is 0.275 e. The summed E-state index contributed by atoms with van der Waals surface area (Å²) >= 11 is 1.54. The second kappa shape index (κ2) is 7.96. The van der Waals surface area contributed by atoms with Gasteiger partial charge in [-0.05, 0) is 20.1 Å². The maximum atomic E-state index is 10.9. The molecule has 2 atom stereocenters. The van der Waals surface area contributed by atoms with Gasteiger partial charge < -0.3 is 15.2 Å². The van der Waals surface area contributed by atoms with Gasteiger partial charge in [-0.1, -0.05) is 0 Å². The van der Waals surface area contributed by atoms with Gasteiger partial charge in [-0.15, -0.1) is 0 Å². The highest BCUT2D eigenvalue weighted by Crippen LogP contribution is 2.27. The van der Waals surface area contributed by atoms with Crippen LogP contribution in [0.15, 0.2) is 18.2 Å². The Morgan fingerprint density at radius 3 is 2.70 bits per heavy atom. The lowest BCUT2D eigenvalue weighted by Crippen LogP contribution is -2.30. The third-order valence-corrected chi connectivity index (χ3v) is 4.01. The van der Waals surface area contributed by atoms with Gasteiger partial charge in [0.1, 0.15) is 5.75 Å². The van der Waals surface area contributed by atoms with Crippen LogP contribution in [0.3, 0.4) is 0 Å². The molecule has 1 aromatic carbocycles. The molecule has 7 heteroatoms. The summed E-state index contributed by atoms with van der Waals surface area (Å²) in [6.07, 6.45) is 1.91. The number of thioether (sulfide) groups is 1. The summed E-state index contributed by atoms with van der Waals surface area (Å²) in [4.78, 5) is 10.5. The first-order chi connectivity index (χ1) is 9.51. The molecule has 0 aliphatic carbocycles. The molecule has 0 saturated heterocycles. The summed E-state index contributed by atoms with van der Waals surface area (Å²) in [6.45, 7) is 4.24. The van der Waals surface area contributed by atoms with Crippen LogP contribution >= 0.6 is 11.8 Å². The number of non-ortho nitro benzene ring substituents is 1. The van der Waals surface area contributed by atoms with Crippen molar-refractivity contribution >= 4 is 23.1 Å². The summed E-state index contributed by atoms with van der Waals surface area (Å²) in [7, 11) is 0. The van der Waals surface area contributed by atoms with E-state index in [4.69, 9.17) is 4.74 Å². The lowest BCUT2D eigenvalue weighted by atomic mass is 10.2. The van der Waals surface area contributed by atoms with Crippen molar-refractivity contribution < 1.29 is 14.8 Å². The Bertz CT molecular complexity index is 452. The van der Waals surface area contributed by atoms with Crippen LogP contribution in [0.25, 0.3) is 0 Å². The SMILES string of the molecule is CCOc1cc(NC(C)C(CO)SC)cc([N+](=O)[O-])c1. The molecule has 0 heterocycles. The predicted molar refractivity (Wildman–Crippen MR) is 81.7 cm³/mol. The number of nitro groups is 1. The van der Waals surface area contributed by atoms with Crippen molar-refractivity contribution in [3.63, 3.8) is 0 Å². The Kier molecular flexibility index (Phi) is 6.60. The standard InChI is InChI=1S/C13H20N2O4S/c1-4-19-12-6-10(5-11(7-12)15(17)18)14-9(2)13(8-16)20-3/h5-7,9,13-14,16H,4,8H2,1-3H3. The molecule has 0 spiro atoms. The molecule has 2 unspecified atom stereocenters. The molecule has 0 bridgehead atoms. The van der Waals surface area contributed by atoms with Crippen LogP contribution in [-0.4, -0.2) is 40.8 Å². The van der Waals surface area contributed by atoms with E-state index in [1.165, 1.54) is 12.1 Å². The molecule has 0 radical (unpaired) electrons. The molecule has 0 aliphatic heterocycles. The molecule has 0 amide bonds. The first-order valence-corrected chi connectivity index (χ1v) is 7.63. The zero-order chi connectivity index (χ0) is 15.1. The molecule has 1 rings (SSSR count). The number of hydrogen-bond acceptors (Lipinski definition) is 6. The molecule has 0 fully saturated rings. The highest BCUT2D eigenvalue weighted by atomic mass is 32.2. The third-order valence-electron chi connectivity index (χ3n) is 2.85. The normalized spacial score (nSPS) is 13.6. The van der Waals surface area contributed by atoms with Gasteiger partial charge >= 0.3 is 0 Å². The second-order valence-electron chi connectivity index (χ2n) is 4.30. The lowest BCUT2D eigenvalue weighted by molar-refractivity contribution is -0.384. The number of aliphatic hydroxyl groups excluding tert-OH is 1. The summed E-state index contributed by atoms with van der Waals surface area (Å²) in [5.41, 5.74) is 0.595. The Balaban J connectivity index is 2.95. The Morgan fingerprint density at radius 2 is 2.20 bits per heavy atom. The van der Waals surface area contributed by atoms with E-state index in [0.717, 1.165) is 0 Å². The van der Waals surface area contributed by atoms with Crippen LogP contribution in [-0.2, 0) is 0 Å². The molecule has 2 N–H and O–H groups in total. The van der Waals surface area contributed by atoms with Crippen molar-refractivity contribution in [2.45, 2.75) is 25.1 Å². The predicted octanol–water partition coefficient (Wildman–Crippen LogP) is 2.52. The minimum atomic E-state index is -0.448. The first-order valence-electron chi connectivity index (χ1n) is 6.34. The number of anilines is 1. The number of ether oxygens (including phenoxy) is 1. The third kappa shape index (κ3) is 4.57. The molecular formula is C13H20N2O4S. The maximum absolute atomic E-state index is 10.9. The van der Waals surface area contributed by atoms with Crippen LogP contribution in [0.4, 0.5) is 11.4 Å². The van der Waals surface area contributed by atoms with Crippen LogP contribution < -0.4 is 10.1 Å². The molecule has 0 aliphatic rings. The zero-order valence-electron chi connectivity index (χ0n) is 11.8. The number of hydrogen-bond donors (Lipinski definition) is 2. The van der Waals surface area contributed by atoms with E-state index in [1.807, 2.05) is 20.1 Å². The monoisotopic (exact) mass is 300 g/mol. The lowest BCUT2D eigenvalue weighted by Gasteiger charge is -2.22. The van der Waals surface area contributed by atoms with Crippen molar-refractivity contribution in [3.8, 4) is 5.75 Å². The Morgan fingerprint density at radius 1 is 1.50 bits per heavy atom. The van der Waals surface area contributed by atoms with E-state index in [1.54, 1.807) is 17.8 Å². The van der Waals surface area contributed by atoms with Gasteiger partial charge in [0.25, 0.3) is 5.69 Å². The van der Waals surface area contributed by atoms with Crippen molar-refractivity contribution in [3.05, 3.63) is 28.3 Å². The molecule has 112 valence electrons. The van der Waals surface area contributed by atoms with Gasteiger partial charge in [0.2, 0.25) is 0 Å². The second-order valence-corrected chi connectivity index (χ2v) is 5.37. The first kappa shape index (κ1) is 16.6. The van der Waals surface area contributed by atoms with Crippen molar-refractivity contribution in [2.75, 3.05) is 24.8 Å². The minimum Gasteiger partial charge on any atom is -0.494 e. The number of benzene rings is 1. The number of nitrogens with zero attached hydrogens (tertiary/aromatic N) is 1. The average Bonchev–Trinajstić information content (AvgIpc) is 2.40. The summed E-state index contributed by atoms with van der Waals surface area (Å²) in [6, 6.07) is 4.57. The smallest absolute Gasteiger partial charge is 0.275 e. The van der Waals surface area contributed by atoms with Gasteiger partial charge in [0.15, 0.2) is 0 Å². The average molecular weight is 300 g/mol. The van der Waals surface area contributed by atoms with Gasteiger partial charge in [0, 0.05) is 29.1 Å². The van der Waals surface area contributed by atoms with Gasteiger partial charge in [-0.3, -0.25) is 10.1 Å². The molecule has 0 aromatic heterocycles. The van der Waals surface area contributed by atoms with Crippen molar-refractivity contribution in [1.29, 1.82) is 0 Å². The Hall–Kier alpha value is -1.47. The topological polar surface area (TPSA) is 84.6 Å². The zero-order valence-corrected chi connectivity index (χ0v) is 12.6.